The van der Waals surface area contributed by atoms with Crippen molar-refractivity contribution < 1.29 is 14.3 Å². The van der Waals surface area contributed by atoms with Gasteiger partial charge in [-0.05, 0) is 19.1 Å². The molecule has 0 radical (unpaired) electrons. The fraction of sp³-hybridized carbons (Fsp3) is 0.267. The summed E-state index contributed by atoms with van der Waals surface area (Å²) in [6.07, 6.45) is 1.46. The number of rotatable bonds is 5. The minimum Gasteiger partial charge on any atom is -0.496 e. The van der Waals surface area contributed by atoms with Crippen molar-refractivity contribution in [2.24, 2.45) is 0 Å². The molecule has 0 saturated heterocycles. The Bertz CT molecular complexity index is 644. The zero-order chi connectivity index (χ0) is 15.2. The number of nitrogens with one attached hydrogen (secondary N) is 1. The molecule has 2 aromatic rings. The molecule has 2 rings (SSSR count). The first-order valence-electron chi connectivity index (χ1n) is 6.56. The first-order valence-corrected chi connectivity index (χ1v) is 6.56. The summed E-state index contributed by atoms with van der Waals surface area (Å²) < 4.78 is 10.3. The summed E-state index contributed by atoms with van der Waals surface area (Å²) in [6, 6.07) is 7.43. The van der Waals surface area contributed by atoms with Crippen molar-refractivity contribution in [2.75, 3.05) is 26.1 Å². The van der Waals surface area contributed by atoms with Gasteiger partial charge in [-0.2, -0.15) is 0 Å². The second-order valence-electron chi connectivity index (χ2n) is 4.13. The second kappa shape index (κ2) is 6.69. The van der Waals surface area contributed by atoms with Crippen LogP contribution in [0.2, 0.25) is 0 Å². The molecule has 6 heteroatoms. The normalized spacial score (nSPS) is 10.0. The van der Waals surface area contributed by atoms with Crippen LogP contribution in [0.4, 0.5) is 5.82 Å². The molecule has 0 saturated carbocycles. The van der Waals surface area contributed by atoms with E-state index < -0.39 is 5.97 Å². The largest absolute Gasteiger partial charge is 0.496 e. The van der Waals surface area contributed by atoms with E-state index >= 15 is 0 Å². The van der Waals surface area contributed by atoms with E-state index in [1.165, 1.54) is 6.20 Å². The third-order valence-electron chi connectivity index (χ3n) is 2.87. The summed E-state index contributed by atoms with van der Waals surface area (Å²) in [6.45, 7) is 2.05. The van der Waals surface area contributed by atoms with E-state index in [0.717, 1.165) is 5.56 Å². The van der Waals surface area contributed by atoms with Gasteiger partial charge in [-0.3, -0.25) is 0 Å². The van der Waals surface area contributed by atoms with Gasteiger partial charge >= 0.3 is 5.97 Å². The Kier molecular flexibility index (Phi) is 4.71. The van der Waals surface area contributed by atoms with Crippen LogP contribution in [-0.2, 0) is 4.74 Å². The number of carbonyl (C=O) groups is 1. The molecule has 0 aliphatic heterocycles. The smallest absolute Gasteiger partial charge is 0.343 e. The summed E-state index contributed by atoms with van der Waals surface area (Å²) in [5.41, 5.74) is 1.06. The Morgan fingerprint density at radius 3 is 2.76 bits per heavy atom. The van der Waals surface area contributed by atoms with Crippen molar-refractivity contribution in [1.29, 1.82) is 0 Å². The van der Waals surface area contributed by atoms with Crippen LogP contribution in [0, 0.1) is 0 Å². The monoisotopic (exact) mass is 287 g/mol. The van der Waals surface area contributed by atoms with Crippen molar-refractivity contribution >= 4 is 11.8 Å². The Hall–Kier alpha value is -2.63. The molecule has 0 spiro atoms. The number of anilines is 1. The summed E-state index contributed by atoms with van der Waals surface area (Å²) in [5, 5.41) is 2.89. The molecule has 0 bridgehead atoms. The molecule has 0 unspecified atom stereocenters. The molecule has 1 aromatic heterocycles. The van der Waals surface area contributed by atoms with Crippen LogP contribution >= 0.6 is 0 Å². The molecule has 21 heavy (non-hydrogen) atoms. The van der Waals surface area contributed by atoms with E-state index in [2.05, 4.69) is 15.3 Å². The fourth-order valence-corrected chi connectivity index (χ4v) is 1.89. The molecule has 0 atom stereocenters. The number of ether oxygens (including phenoxy) is 2. The lowest BCUT2D eigenvalue weighted by molar-refractivity contribution is 0.0526. The van der Waals surface area contributed by atoms with Gasteiger partial charge < -0.3 is 14.8 Å². The van der Waals surface area contributed by atoms with Crippen LogP contribution in [0.1, 0.15) is 17.3 Å². The maximum absolute atomic E-state index is 11.8. The highest BCUT2D eigenvalue weighted by atomic mass is 16.5. The zero-order valence-corrected chi connectivity index (χ0v) is 12.2. The number of hydrogen-bond donors (Lipinski definition) is 1. The van der Waals surface area contributed by atoms with Crippen molar-refractivity contribution in [1.82, 2.24) is 9.97 Å². The average Bonchev–Trinajstić information content (AvgIpc) is 2.54. The number of nitrogens with zero attached hydrogens (tertiary/aromatic N) is 2. The van der Waals surface area contributed by atoms with E-state index in [-0.39, 0.29) is 0 Å². The molecule has 0 amide bonds. The van der Waals surface area contributed by atoms with Gasteiger partial charge in [0.2, 0.25) is 0 Å². The summed E-state index contributed by atoms with van der Waals surface area (Å²) in [4.78, 5) is 20.4. The van der Waals surface area contributed by atoms with Crippen molar-refractivity contribution in [3.63, 3.8) is 0 Å². The average molecular weight is 287 g/mol. The number of esters is 1. The molecule has 0 aliphatic rings. The number of carbonyl (C=O) groups excluding carboxylic acids is 1. The van der Waals surface area contributed by atoms with Gasteiger partial charge in [0.05, 0.1) is 19.3 Å². The van der Waals surface area contributed by atoms with Gasteiger partial charge in [-0.15, -0.1) is 0 Å². The number of para-hydroxylation sites is 1. The van der Waals surface area contributed by atoms with Gasteiger partial charge in [0.1, 0.15) is 17.1 Å². The van der Waals surface area contributed by atoms with Crippen LogP contribution in [0.25, 0.3) is 11.4 Å². The number of hydrogen-bond acceptors (Lipinski definition) is 6. The second-order valence-corrected chi connectivity index (χ2v) is 4.13. The van der Waals surface area contributed by atoms with E-state index in [9.17, 15) is 4.79 Å². The predicted octanol–water partition coefficient (Wildman–Crippen LogP) is 2.37. The Morgan fingerprint density at radius 1 is 1.33 bits per heavy atom. The van der Waals surface area contributed by atoms with Crippen molar-refractivity contribution in [2.45, 2.75) is 6.92 Å². The Labute approximate surface area is 123 Å². The van der Waals surface area contributed by atoms with E-state index in [4.69, 9.17) is 9.47 Å². The van der Waals surface area contributed by atoms with Gasteiger partial charge in [-0.1, -0.05) is 12.1 Å². The van der Waals surface area contributed by atoms with Gasteiger partial charge in [0.15, 0.2) is 5.82 Å². The van der Waals surface area contributed by atoms with Crippen LogP contribution in [0.5, 0.6) is 5.75 Å². The molecule has 0 fully saturated rings. The molecule has 1 aromatic carbocycles. The van der Waals surface area contributed by atoms with Crippen LogP contribution in [0.15, 0.2) is 30.5 Å². The SMILES string of the molecule is CCOC(=O)c1cnc(-c2ccccc2OC)nc1NC. The van der Waals surface area contributed by atoms with Crippen LogP contribution < -0.4 is 10.1 Å². The zero-order valence-electron chi connectivity index (χ0n) is 12.2. The lowest BCUT2D eigenvalue weighted by atomic mass is 10.2. The summed E-state index contributed by atoms with van der Waals surface area (Å²) >= 11 is 0. The van der Waals surface area contributed by atoms with Crippen molar-refractivity contribution in [3.8, 4) is 17.1 Å². The van der Waals surface area contributed by atoms with Crippen LogP contribution in [0.3, 0.4) is 0 Å². The lowest BCUT2D eigenvalue weighted by Gasteiger charge is -2.11. The van der Waals surface area contributed by atoms with Gasteiger partial charge in [0, 0.05) is 13.2 Å². The molecular formula is C15H17N3O3. The Balaban J connectivity index is 2.46. The standard InChI is InChI=1S/C15H17N3O3/c1-4-21-15(19)11-9-17-14(18-13(11)16-2)10-7-5-6-8-12(10)20-3/h5-9H,4H2,1-3H3,(H,16,17,18). The topological polar surface area (TPSA) is 73.3 Å². The summed E-state index contributed by atoms with van der Waals surface area (Å²) in [7, 11) is 3.28. The van der Waals surface area contributed by atoms with Gasteiger partial charge in [-0.25, -0.2) is 14.8 Å². The summed E-state index contributed by atoms with van der Waals surface area (Å²) in [5.74, 6) is 1.12. The third-order valence-corrected chi connectivity index (χ3v) is 2.87. The molecule has 6 nitrogen and oxygen atoms in total. The van der Waals surface area contributed by atoms with Crippen LogP contribution in [-0.4, -0.2) is 36.7 Å². The molecular weight excluding hydrogens is 270 g/mol. The highest BCUT2D eigenvalue weighted by molar-refractivity contribution is 5.94. The van der Waals surface area contributed by atoms with Gasteiger partial charge in [0.25, 0.3) is 0 Å². The van der Waals surface area contributed by atoms with Crippen molar-refractivity contribution in [3.05, 3.63) is 36.0 Å². The number of aromatic nitrogens is 2. The molecule has 110 valence electrons. The first-order chi connectivity index (χ1) is 10.2. The number of benzene rings is 1. The van der Waals surface area contributed by atoms with E-state index in [1.807, 2.05) is 24.3 Å². The predicted molar refractivity (Wildman–Crippen MR) is 79.5 cm³/mol. The minimum atomic E-state index is -0.451. The van der Waals surface area contributed by atoms with E-state index in [1.54, 1.807) is 21.1 Å². The maximum Gasteiger partial charge on any atom is 0.343 e. The first kappa shape index (κ1) is 14.8. The highest BCUT2D eigenvalue weighted by Crippen LogP contribution is 2.28. The maximum atomic E-state index is 11.8. The minimum absolute atomic E-state index is 0.302. The van der Waals surface area contributed by atoms with E-state index in [0.29, 0.717) is 29.6 Å². The quantitative estimate of drug-likeness (QED) is 0.851. The fourth-order valence-electron chi connectivity index (χ4n) is 1.89. The third kappa shape index (κ3) is 3.10. The number of methoxy groups -OCH3 is 1. The molecule has 0 aliphatic carbocycles. The molecule has 1 N–H and O–H groups in total. The lowest BCUT2D eigenvalue weighted by Crippen LogP contribution is -2.11. The Morgan fingerprint density at radius 2 is 2.10 bits per heavy atom. The molecule has 1 heterocycles. The highest BCUT2D eigenvalue weighted by Gasteiger charge is 2.16.